The topological polar surface area (TPSA) is 17.1 Å². The van der Waals surface area contributed by atoms with Crippen molar-refractivity contribution < 1.29 is 4.79 Å². The van der Waals surface area contributed by atoms with Crippen LogP contribution in [0.25, 0.3) is 0 Å². The zero-order chi connectivity index (χ0) is 8.01. The average molecular weight is 150 g/mol. The molecule has 4 atom stereocenters. The third kappa shape index (κ3) is 0.800. The smallest absolute Gasteiger partial charge is 0.139 e. The zero-order valence-electron chi connectivity index (χ0n) is 7.08. The summed E-state index contributed by atoms with van der Waals surface area (Å²) < 4.78 is 0. The van der Waals surface area contributed by atoms with Crippen molar-refractivity contribution in [3.63, 3.8) is 0 Å². The van der Waals surface area contributed by atoms with Crippen LogP contribution < -0.4 is 0 Å². The summed E-state index contributed by atoms with van der Waals surface area (Å²) >= 11 is 0. The van der Waals surface area contributed by atoms with Crippen LogP contribution in [0, 0.1) is 23.7 Å². The van der Waals surface area contributed by atoms with Gasteiger partial charge in [0.05, 0.1) is 0 Å². The molecule has 0 N–H and O–H groups in total. The lowest BCUT2D eigenvalue weighted by Crippen LogP contribution is -2.11. The Hall–Kier alpha value is -0.590. The lowest BCUT2D eigenvalue weighted by atomic mass is 9.91. The molecular formula is C10H14O. The quantitative estimate of drug-likeness (QED) is 0.483. The second-order valence-corrected chi connectivity index (χ2v) is 3.88. The maximum absolute atomic E-state index is 11.5. The van der Waals surface area contributed by atoms with Crippen molar-refractivity contribution in [3.8, 4) is 0 Å². The zero-order valence-corrected chi connectivity index (χ0v) is 7.08. The predicted octanol–water partition coefficient (Wildman–Crippen LogP) is 2.03. The molecule has 0 aliphatic heterocycles. The van der Waals surface area contributed by atoms with Gasteiger partial charge in [0.25, 0.3) is 0 Å². The second kappa shape index (κ2) is 2.20. The normalized spacial score (nSPS) is 48.4. The van der Waals surface area contributed by atoms with E-state index in [1.807, 2.05) is 0 Å². The van der Waals surface area contributed by atoms with Crippen molar-refractivity contribution in [1.29, 1.82) is 0 Å². The Balaban J connectivity index is 2.29. The van der Waals surface area contributed by atoms with Gasteiger partial charge in [0.2, 0.25) is 0 Å². The SMILES string of the molecule is C[C@@H]1C(=O)[C@@H](C)[C@@H]2CC=C[C@@H]21. The first-order valence-electron chi connectivity index (χ1n) is 4.42. The molecule has 60 valence electrons. The van der Waals surface area contributed by atoms with Crippen molar-refractivity contribution in [2.45, 2.75) is 20.3 Å². The minimum Gasteiger partial charge on any atom is -0.299 e. The van der Waals surface area contributed by atoms with E-state index in [2.05, 4.69) is 26.0 Å². The first-order valence-corrected chi connectivity index (χ1v) is 4.42. The van der Waals surface area contributed by atoms with Crippen LogP contribution in [-0.4, -0.2) is 5.78 Å². The van der Waals surface area contributed by atoms with Crippen molar-refractivity contribution >= 4 is 5.78 Å². The van der Waals surface area contributed by atoms with E-state index in [-0.39, 0.29) is 5.92 Å². The first-order chi connectivity index (χ1) is 5.22. The monoisotopic (exact) mass is 150 g/mol. The maximum atomic E-state index is 11.5. The van der Waals surface area contributed by atoms with Gasteiger partial charge in [-0.2, -0.15) is 0 Å². The van der Waals surface area contributed by atoms with Crippen molar-refractivity contribution in [1.82, 2.24) is 0 Å². The Bertz CT molecular complexity index is 217. The molecule has 2 rings (SSSR count). The van der Waals surface area contributed by atoms with Gasteiger partial charge < -0.3 is 0 Å². The molecule has 0 radical (unpaired) electrons. The average Bonchev–Trinajstić information content (AvgIpc) is 2.53. The highest BCUT2D eigenvalue weighted by molar-refractivity contribution is 5.86. The largest absolute Gasteiger partial charge is 0.299 e. The van der Waals surface area contributed by atoms with Gasteiger partial charge in [-0.3, -0.25) is 4.79 Å². The molecule has 0 saturated heterocycles. The summed E-state index contributed by atoms with van der Waals surface area (Å²) in [5.41, 5.74) is 0. The van der Waals surface area contributed by atoms with Crippen LogP contribution in [-0.2, 0) is 4.79 Å². The van der Waals surface area contributed by atoms with Crippen molar-refractivity contribution in [3.05, 3.63) is 12.2 Å². The number of hydrogen-bond acceptors (Lipinski definition) is 1. The molecule has 1 heteroatoms. The molecule has 1 saturated carbocycles. The minimum atomic E-state index is 0.286. The van der Waals surface area contributed by atoms with Crippen LogP contribution >= 0.6 is 0 Å². The first kappa shape index (κ1) is 7.08. The number of ketones is 1. The molecule has 0 aromatic heterocycles. The fourth-order valence-corrected chi connectivity index (χ4v) is 2.58. The second-order valence-electron chi connectivity index (χ2n) is 3.88. The third-order valence-corrected chi connectivity index (χ3v) is 3.38. The van der Waals surface area contributed by atoms with E-state index in [0.717, 1.165) is 6.42 Å². The summed E-state index contributed by atoms with van der Waals surface area (Å²) in [6.45, 7) is 4.15. The van der Waals surface area contributed by atoms with Crippen LogP contribution in [0.15, 0.2) is 12.2 Å². The summed E-state index contributed by atoms with van der Waals surface area (Å²) in [6, 6.07) is 0. The van der Waals surface area contributed by atoms with Gasteiger partial charge in [0.15, 0.2) is 0 Å². The number of Topliss-reactive ketones (excluding diaryl/α,β-unsaturated/α-hetero) is 1. The standard InChI is InChI=1S/C10H14O/c1-6-8-4-3-5-9(8)7(2)10(6)11/h3-4,6-9H,5H2,1-2H3/t6-,7-,8+,9-/m0/s1. The highest BCUT2D eigenvalue weighted by atomic mass is 16.1. The van der Waals surface area contributed by atoms with E-state index < -0.39 is 0 Å². The van der Waals surface area contributed by atoms with E-state index >= 15 is 0 Å². The maximum Gasteiger partial charge on any atom is 0.139 e. The number of carbonyl (C=O) groups is 1. The third-order valence-electron chi connectivity index (χ3n) is 3.38. The van der Waals surface area contributed by atoms with Gasteiger partial charge in [-0.1, -0.05) is 26.0 Å². The number of hydrogen-bond donors (Lipinski definition) is 0. The molecule has 0 bridgehead atoms. The molecular weight excluding hydrogens is 136 g/mol. The van der Waals surface area contributed by atoms with E-state index in [4.69, 9.17) is 0 Å². The molecule has 0 heterocycles. The lowest BCUT2D eigenvalue weighted by Gasteiger charge is -2.12. The Labute approximate surface area is 67.5 Å². The molecule has 1 nitrogen and oxygen atoms in total. The van der Waals surface area contributed by atoms with Gasteiger partial charge in [0.1, 0.15) is 5.78 Å². The lowest BCUT2D eigenvalue weighted by molar-refractivity contribution is -0.123. The Morgan fingerprint density at radius 3 is 2.73 bits per heavy atom. The van der Waals surface area contributed by atoms with Gasteiger partial charge in [-0.15, -0.1) is 0 Å². The van der Waals surface area contributed by atoms with Crippen LogP contribution in [0.2, 0.25) is 0 Å². The summed E-state index contributed by atoms with van der Waals surface area (Å²) in [5, 5.41) is 0. The highest BCUT2D eigenvalue weighted by Crippen LogP contribution is 2.44. The Kier molecular flexibility index (Phi) is 1.41. The molecule has 2 aliphatic rings. The van der Waals surface area contributed by atoms with Crippen LogP contribution in [0.4, 0.5) is 0 Å². The van der Waals surface area contributed by atoms with Crippen LogP contribution in [0.5, 0.6) is 0 Å². The molecule has 11 heavy (non-hydrogen) atoms. The molecule has 0 unspecified atom stereocenters. The number of allylic oxidation sites excluding steroid dienone is 2. The fraction of sp³-hybridized carbons (Fsp3) is 0.700. The molecule has 1 fully saturated rings. The Morgan fingerprint density at radius 1 is 1.36 bits per heavy atom. The number of carbonyl (C=O) groups excluding carboxylic acids is 1. The summed E-state index contributed by atoms with van der Waals surface area (Å²) in [5.74, 6) is 2.28. The van der Waals surface area contributed by atoms with E-state index in [1.165, 1.54) is 0 Å². The van der Waals surface area contributed by atoms with E-state index in [0.29, 0.717) is 23.5 Å². The molecule has 0 aromatic rings. The number of fused-ring (bicyclic) bond motifs is 1. The highest BCUT2D eigenvalue weighted by Gasteiger charge is 2.44. The Morgan fingerprint density at radius 2 is 2.09 bits per heavy atom. The van der Waals surface area contributed by atoms with E-state index in [9.17, 15) is 4.79 Å². The molecule has 0 aromatic carbocycles. The van der Waals surface area contributed by atoms with Crippen LogP contribution in [0.3, 0.4) is 0 Å². The number of rotatable bonds is 0. The van der Waals surface area contributed by atoms with Gasteiger partial charge in [-0.25, -0.2) is 0 Å². The molecule has 0 spiro atoms. The predicted molar refractivity (Wildman–Crippen MR) is 44.1 cm³/mol. The van der Waals surface area contributed by atoms with Crippen molar-refractivity contribution in [2.75, 3.05) is 0 Å². The molecule has 2 aliphatic carbocycles. The van der Waals surface area contributed by atoms with Gasteiger partial charge >= 0.3 is 0 Å². The fourth-order valence-electron chi connectivity index (χ4n) is 2.58. The summed E-state index contributed by atoms with van der Waals surface area (Å²) in [6.07, 6.45) is 5.59. The minimum absolute atomic E-state index is 0.286. The van der Waals surface area contributed by atoms with Crippen LogP contribution in [0.1, 0.15) is 20.3 Å². The summed E-state index contributed by atoms with van der Waals surface area (Å²) in [4.78, 5) is 11.5. The van der Waals surface area contributed by atoms with Crippen molar-refractivity contribution in [2.24, 2.45) is 23.7 Å². The van der Waals surface area contributed by atoms with Gasteiger partial charge in [0, 0.05) is 11.8 Å². The van der Waals surface area contributed by atoms with E-state index in [1.54, 1.807) is 0 Å². The summed E-state index contributed by atoms with van der Waals surface area (Å²) in [7, 11) is 0. The van der Waals surface area contributed by atoms with Gasteiger partial charge in [-0.05, 0) is 18.3 Å². The molecule has 0 amide bonds.